The summed E-state index contributed by atoms with van der Waals surface area (Å²) in [5.74, 6) is -0.910. The van der Waals surface area contributed by atoms with Gasteiger partial charge in [0.25, 0.3) is 0 Å². The molecular weight excluding hydrogens is 206 g/mol. The number of hydrogen-bond donors (Lipinski definition) is 0. The van der Waals surface area contributed by atoms with E-state index in [1.165, 1.54) is 6.07 Å². The second kappa shape index (κ2) is 3.58. The highest BCUT2D eigenvalue weighted by Crippen LogP contribution is 2.20. The molecule has 6 heteroatoms. The minimum atomic E-state index is -5.00. The standard InChI is InChI=1S/C7H5BClF4/c9-6-2-1-5(7(10)3-6)4-8(11,12)13/h1-3H,4H2/q-1. The molecule has 1 aromatic rings. The van der Waals surface area contributed by atoms with Gasteiger partial charge in [0, 0.05) is 5.02 Å². The SMILES string of the molecule is Fc1cc(Cl)ccc1C[B-](F)(F)F. The summed E-state index contributed by atoms with van der Waals surface area (Å²) in [6.45, 7) is -5.00. The Morgan fingerprint density at radius 3 is 2.31 bits per heavy atom. The molecule has 0 unspecified atom stereocenters. The molecule has 0 fully saturated rings. The van der Waals surface area contributed by atoms with Gasteiger partial charge in [-0.05, 0) is 17.7 Å². The summed E-state index contributed by atoms with van der Waals surface area (Å²) in [6, 6.07) is 3.16. The Labute approximate surface area is 77.6 Å². The molecule has 1 aromatic carbocycles. The van der Waals surface area contributed by atoms with Crippen LogP contribution >= 0.6 is 11.6 Å². The van der Waals surface area contributed by atoms with Gasteiger partial charge in [-0.25, -0.2) is 4.39 Å². The van der Waals surface area contributed by atoms with Gasteiger partial charge < -0.3 is 12.9 Å². The lowest BCUT2D eigenvalue weighted by Crippen LogP contribution is -2.20. The molecule has 1 rings (SSSR count). The molecule has 0 aliphatic carbocycles. The van der Waals surface area contributed by atoms with E-state index in [1.807, 2.05) is 0 Å². The molecule has 0 aromatic heterocycles. The summed E-state index contributed by atoms with van der Waals surface area (Å²) in [5, 5.41) is 0.0934. The van der Waals surface area contributed by atoms with Crippen molar-refractivity contribution >= 4 is 18.6 Å². The zero-order valence-electron chi connectivity index (χ0n) is 6.41. The second-order valence-electron chi connectivity index (χ2n) is 2.65. The van der Waals surface area contributed by atoms with Crippen LogP contribution in [0.15, 0.2) is 18.2 Å². The van der Waals surface area contributed by atoms with Crippen molar-refractivity contribution in [2.75, 3.05) is 0 Å². The maximum Gasteiger partial charge on any atom is 0.482 e. The van der Waals surface area contributed by atoms with Crippen LogP contribution < -0.4 is 0 Å². The molecular formula is C7H5BClF4-. The van der Waals surface area contributed by atoms with E-state index in [-0.39, 0.29) is 10.6 Å². The molecule has 13 heavy (non-hydrogen) atoms. The third-order valence-electron chi connectivity index (χ3n) is 1.47. The fraction of sp³-hybridized carbons (Fsp3) is 0.143. The lowest BCUT2D eigenvalue weighted by Gasteiger charge is -2.13. The van der Waals surface area contributed by atoms with Crippen LogP contribution in [0, 0.1) is 5.82 Å². The van der Waals surface area contributed by atoms with Gasteiger partial charge in [0.1, 0.15) is 5.82 Å². The fourth-order valence-corrected chi connectivity index (χ4v) is 1.10. The van der Waals surface area contributed by atoms with Gasteiger partial charge >= 0.3 is 6.98 Å². The fourth-order valence-electron chi connectivity index (χ4n) is 0.937. The zero-order valence-corrected chi connectivity index (χ0v) is 7.16. The average Bonchev–Trinajstić information content (AvgIpc) is 1.93. The van der Waals surface area contributed by atoms with Crippen molar-refractivity contribution < 1.29 is 17.3 Å². The second-order valence-corrected chi connectivity index (χ2v) is 3.09. The Morgan fingerprint density at radius 1 is 1.23 bits per heavy atom. The third-order valence-corrected chi connectivity index (χ3v) is 1.70. The van der Waals surface area contributed by atoms with Crippen LogP contribution in [0.25, 0.3) is 0 Å². The van der Waals surface area contributed by atoms with Crippen LogP contribution in [-0.4, -0.2) is 6.98 Å². The van der Waals surface area contributed by atoms with Crippen molar-refractivity contribution in [2.24, 2.45) is 0 Å². The number of rotatable bonds is 2. The first-order chi connectivity index (χ1) is 5.88. The lowest BCUT2D eigenvalue weighted by atomic mass is 9.82. The normalized spacial score (nSPS) is 11.8. The monoisotopic (exact) mass is 211 g/mol. The molecule has 0 radical (unpaired) electrons. The third kappa shape index (κ3) is 3.26. The van der Waals surface area contributed by atoms with Gasteiger partial charge in [-0.3, -0.25) is 0 Å². The summed E-state index contributed by atoms with van der Waals surface area (Å²) in [6.07, 6.45) is -1.21. The van der Waals surface area contributed by atoms with Crippen LogP contribution in [-0.2, 0) is 6.32 Å². The summed E-state index contributed by atoms with van der Waals surface area (Å²) in [7, 11) is 0. The molecule has 72 valence electrons. The molecule has 0 amide bonds. The van der Waals surface area contributed by atoms with Crippen LogP contribution in [0.5, 0.6) is 0 Å². The van der Waals surface area contributed by atoms with E-state index in [2.05, 4.69) is 0 Å². The van der Waals surface area contributed by atoms with Gasteiger partial charge in [-0.15, -0.1) is 0 Å². The van der Waals surface area contributed by atoms with E-state index in [4.69, 9.17) is 11.6 Å². The van der Waals surface area contributed by atoms with Crippen LogP contribution in [0.1, 0.15) is 5.56 Å². The van der Waals surface area contributed by atoms with Crippen LogP contribution in [0.3, 0.4) is 0 Å². The average molecular weight is 211 g/mol. The van der Waals surface area contributed by atoms with E-state index >= 15 is 0 Å². The maximum atomic E-state index is 12.8. The van der Waals surface area contributed by atoms with E-state index in [1.54, 1.807) is 0 Å². The first kappa shape index (κ1) is 10.4. The molecule has 0 atom stereocenters. The quantitative estimate of drug-likeness (QED) is 0.519. The number of benzene rings is 1. The van der Waals surface area contributed by atoms with Gasteiger partial charge in [0.05, 0.1) is 0 Å². The first-order valence-corrected chi connectivity index (χ1v) is 3.91. The Morgan fingerprint density at radius 2 is 1.85 bits per heavy atom. The molecule has 0 saturated carbocycles. The molecule has 0 saturated heterocycles. The van der Waals surface area contributed by atoms with Gasteiger partial charge in [-0.2, -0.15) is 0 Å². The van der Waals surface area contributed by atoms with Crippen molar-refractivity contribution in [3.05, 3.63) is 34.6 Å². The topological polar surface area (TPSA) is 0 Å². The summed E-state index contributed by atoms with van der Waals surface area (Å²) >= 11 is 5.37. The van der Waals surface area contributed by atoms with Crippen molar-refractivity contribution in [3.63, 3.8) is 0 Å². The predicted molar refractivity (Wildman–Crippen MR) is 44.2 cm³/mol. The Balaban J connectivity index is 2.90. The van der Waals surface area contributed by atoms with Crippen LogP contribution in [0.2, 0.25) is 5.02 Å². The molecule has 0 bridgehead atoms. The van der Waals surface area contributed by atoms with Crippen molar-refractivity contribution in [2.45, 2.75) is 6.32 Å². The minimum Gasteiger partial charge on any atom is -0.449 e. The largest absolute Gasteiger partial charge is 0.482 e. The molecule has 0 aliphatic rings. The molecule has 0 N–H and O–H groups in total. The minimum absolute atomic E-state index is 0.0934. The van der Waals surface area contributed by atoms with Gasteiger partial charge in [-0.1, -0.05) is 24.0 Å². The van der Waals surface area contributed by atoms with Crippen molar-refractivity contribution in [1.29, 1.82) is 0 Å². The maximum absolute atomic E-state index is 12.8. The van der Waals surface area contributed by atoms with Gasteiger partial charge in [0.2, 0.25) is 0 Å². The highest BCUT2D eigenvalue weighted by molar-refractivity contribution is 6.57. The summed E-state index contributed by atoms with van der Waals surface area (Å²) in [5.41, 5.74) is -0.364. The van der Waals surface area contributed by atoms with Crippen molar-refractivity contribution in [1.82, 2.24) is 0 Å². The summed E-state index contributed by atoms with van der Waals surface area (Å²) < 4.78 is 48.5. The van der Waals surface area contributed by atoms with Gasteiger partial charge in [0.15, 0.2) is 0 Å². The van der Waals surface area contributed by atoms with Crippen molar-refractivity contribution in [3.8, 4) is 0 Å². The lowest BCUT2D eigenvalue weighted by molar-refractivity contribution is 0.464. The Kier molecular flexibility index (Phi) is 2.85. The van der Waals surface area contributed by atoms with E-state index in [0.29, 0.717) is 0 Å². The molecule has 0 aliphatic heterocycles. The van der Waals surface area contributed by atoms with E-state index < -0.39 is 19.1 Å². The summed E-state index contributed by atoms with van der Waals surface area (Å²) in [4.78, 5) is 0. The highest BCUT2D eigenvalue weighted by atomic mass is 35.5. The predicted octanol–water partition coefficient (Wildman–Crippen LogP) is 3.41. The smallest absolute Gasteiger partial charge is 0.449 e. The molecule has 0 heterocycles. The van der Waals surface area contributed by atoms with Crippen LogP contribution in [0.4, 0.5) is 17.3 Å². The Hall–Kier alpha value is -0.705. The Bertz CT molecular complexity index is 310. The molecule has 0 nitrogen and oxygen atoms in total. The molecule has 0 spiro atoms. The zero-order chi connectivity index (χ0) is 10.1. The highest BCUT2D eigenvalue weighted by Gasteiger charge is 2.24. The number of halogens is 5. The number of hydrogen-bond acceptors (Lipinski definition) is 0. The van der Waals surface area contributed by atoms with E-state index in [0.717, 1.165) is 12.1 Å². The van der Waals surface area contributed by atoms with E-state index in [9.17, 15) is 17.3 Å². The first-order valence-electron chi connectivity index (χ1n) is 3.53.